The quantitative estimate of drug-likeness (QED) is 0.799. The van der Waals surface area contributed by atoms with Crippen molar-refractivity contribution in [2.75, 3.05) is 0 Å². The van der Waals surface area contributed by atoms with Crippen molar-refractivity contribution < 1.29 is 23.8 Å². The molecule has 0 aliphatic heterocycles. The lowest BCUT2D eigenvalue weighted by molar-refractivity contribution is -0.134. The third kappa shape index (κ3) is 4.95. The summed E-state index contributed by atoms with van der Waals surface area (Å²) >= 11 is 0. The molecule has 2 aromatic rings. The Balaban J connectivity index is 2.06. The fraction of sp³-hybridized carbons (Fsp3) is 0.111. The summed E-state index contributed by atoms with van der Waals surface area (Å²) in [6.07, 6.45) is 1.34. The van der Waals surface area contributed by atoms with Crippen molar-refractivity contribution >= 4 is 18.0 Å². The summed E-state index contributed by atoms with van der Waals surface area (Å²) in [5.74, 6) is -1.51. The van der Waals surface area contributed by atoms with Crippen molar-refractivity contribution in [3.8, 4) is 5.75 Å². The monoisotopic (exact) mass is 329 g/mol. The Hall–Kier alpha value is -3.15. The molecule has 5 nitrogen and oxygen atoms in total. The lowest BCUT2D eigenvalue weighted by atomic mass is 10.2. The molecular weight excluding hydrogens is 313 g/mol. The lowest BCUT2D eigenvalue weighted by Gasteiger charge is -2.08. The van der Waals surface area contributed by atoms with Crippen LogP contribution in [-0.2, 0) is 16.2 Å². The number of halogens is 1. The third-order valence-electron chi connectivity index (χ3n) is 3.08. The Labute approximate surface area is 138 Å². The second-order valence-electron chi connectivity index (χ2n) is 4.99. The summed E-state index contributed by atoms with van der Waals surface area (Å²) < 4.78 is 19.0. The number of nitrogens with one attached hydrogen (secondary N) is 1. The van der Waals surface area contributed by atoms with Gasteiger partial charge in [-0.2, -0.15) is 0 Å². The van der Waals surface area contributed by atoms with Crippen molar-refractivity contribution in [1.82, 2.24) is 5.32 Å². The molecule has 0 saturated carbocycles. The van der Waals surface area contributed by atoms with Crippen LogP contribution in [0.1, 0.15) is 18.1 Å². The molecule has 0 radical (unpaired) electrons. The van der Waals surface area contributed by atoms with Crippen LogP contribution >= 0.6 is 0 Å². The molecule has 0 spiro atoms. The van der Waals surface area contributed by atoms with Gasteiger partial charge in [0.15, 0.2) is 0 Å². The second kappa shape index (κ2) is 7.92. The highest BCUT2D eigenvalue weighted by molar-refractivity contribution is 5.96. The fourth-order valence-corrected chi connectivity index (χ4v) is 1.94. The molecule has 0 aliphatic carbocycles. The number of aliphatic carboxylic acids is 1. The zero-order chi connectivity index (χ0) is 17.5. The van der Waals surface area contributed by atoms with Gasteiger partial charge in [-0.3, -0.25) is 4.79 Å². The molecule has 6 heteroatoms. The Bertz CT molecular complexity index is 769. The zero-order valence-corrected chi connectivity index (χ0v) is 13.0. The zero-order valence-electron chi connectivity index (χ0n) is 13.0. The standard InChI is InChI=1S/C18H16FNO4/c1-12(21)20-17(18(22)23)10-13-6-8-15(9-7-13)24-11-14-4-2-3-5-16(14)19/h2-10H,11H2,1H3,(H,20,21)(H,22,23)/b17-10+. The average Bonchev–Trinajstić information content (AvgIpc) is 2.54. The molecule has 0 aromatic heterocycles. The van der Waals surface area contributed by atoms with E-state index in [9.17, 15) is 14.0 Å². The minimum atomic E-state index is -1.23. The molecule has 124 valence electrons. The van der Waals surface area contributed by atoms with Gasteiger partial charge >= 0.3 is 5.97 Å². The number of hydrogen-bond acceptors (Lipinski definition) is 3. The first kappa shape index (κ1) is 17.2. The van der Waals surface area contributed by atoms with Crippen molar-refractivity contribution in [2.45, 2.75) is 13.5 Å². The number of rotatable bonds is 6. The Morgan fingerprint density at radius 1 is 1.17 bits per heavy atom. The first-order valence-electron chi connectivity index (χ1n) is 7.14. The van der Waals surface area contributed by atoms with E-state index >= 15 is 0 Å². The number of carbonyl (C=O) groups is 2. The van der Waals surface area contributed by atoms with E-state index in [-0.39, 0.29) is 18.1 Å². The van der Waals surface area contributed by atoms with E-state index < -0.39 is 11.9 Å². The van der Waals surface area contributed by atoms with Crippen LogP contribution in [0.4, 0.5) is 4.39 Å². The van der Waals surface area contributed by atoms with Gasteiger partial charge < -0.3 is 15.2 Å². The van der Waals surface area contributed by atoms with E-state index in [0.717, 1.165) is 0 Å². The van der Waals surface area contributed by atoms with Gasteiger partial charge in [-0.25, -0.2) is 9.18 Å². The smallest absolute Gasteiger partial charge is 0.352 e. The van der Waals surface area contributed by atoms with Crippen LogP contribution in [0.25, 0.3) is 6.08 Å². The van der Waals surface area contributed by atoms with Crippen LogP contribution in [0, 0.1) is 5.82 Å². The summed E-state index contributed by atoms with van der Waals surface area (Å²) in [5.41, 5.74) is 0.808. The number of benzene rings is 2. The van der Waals surface area contributed by atoms with Crippen molar-refractivity contribution in [3.63, 3.8) is 0 Å². The molecule has 2 N–H and O–H groups in total. The Morgan fingerprint density at radius 3 is 2.42 bits per heavy atom. The highest BCUT2D eigenvalue weighted by Crippen LogP contribution is 2.17. The topological polar surface area (TPSA) is 75.6 Å². The largest absolute Gasteiger partial charge is 0.489 e. The maximum atomic E-state index is 13.5. The molecular formula is C18H16FNO4. The molecule has 0 bridgehead atoms. The maximum absolute atomic E-state index is 13.5. The van der Waals surface area contributed by atoms with Crippen LogP contribution in [0.2, 0.25) is 0 Å². The van der Waals surface area contributed by atoms with Crippen molar-refractivity contribution in [3.05, 3.63) is 71.2 Å². The van der Waals surface area contributed by atoms with Crippen LogP contribution in [-0.4, -0.2) is 17.0 Å². The van der Waals surface area contributed by atoms with Crippen molar-refractivity contribution in [2.24, 2.45) is 0 Å². The molecule has 0 aliphatic rings. The minimum Gasteiger partial charge on any atom is -0.489 e. The predicted molar refractivity (Wildman–Crippen MR) is 86.6 cm³/mol. The minimum absolute atomic E-state index is 0.0914. The van der Waals surface area contributed by atoms with E-state index in [2.05, 4.69) is 5.32 Å². The lowest BCUT2D eigenvalue weighted by Crippen LogP contribution is -2.24. The van der Waals surface area contributed by atoms with Gasteiger partial charge in [0, 0.05) is 12.5 Å². The first-order valence-corrected chi connectivity index (χ1v) is 7.14. The SMILES string of the molecule is CC(=O)N/C(=C/c1ccc(OCc2ccccc2F)cc1)C(=O)O. The predicted octanol–water partition coefficient (Wildman–Crippen LogP) is 2.97. The highest BCUT2D eigenvalue weighted by atomic mass is 19.1. The van der Waals surface area contributed by atoms with Crippen LogP contribution < -0.4 is 10.1 Å². The average molecular weight is 329 g/mol. The number of carboxylic acid groups (broad SMARTS) is 1. The molecule has 2 aromatic carbocycles. The summed E-state index contributed by atoms with van der Waals surface area (Å²) in [6.45, 7) is 1.32. The van der Waals surface area contributed by atoms with E-state index in [1.807, 2.05) is 0 Å². The van der Waals surface area contributed by atoms with Crippen molar-refractivity contribution in [1.29, 1.82) is 0 Å². The number of hydrogen-bond donors (Lipinski definition) is 2. The second-order valence-corrected chi connectivity index (χ2v) is 4.99. The summed E-state index contributed by atoms with van der Waals surface area (Å²) in [5, 5.41) is 11.3. The fourth-order valence-electron chi connectivity index (χ4n) is 1.94. The number of carbonyl (C=O) groups excluding carboxylic acids is 1. The van der Waals surface area contributed by atoms with Crippen LogP contribution in [0.15, 0.2) is 54.2 Å². The molecule has 24 heavy (non-hydrogen) atoms. The van der Waals surface area contributed by atoms with E-state index in [1.165, 1.54) is 19.1 Å². The summed E-state index contributed by atoms with van der Waals surface area (Å²) in [6, 6.07) is 12.9. The van der Waals surface area contributed by atoms with Gasteiger partial charge in [0.2, 0.25) is 5.91 Å². The van der Waals surface area contributed by atoms with E-state index in [4.69, 9.17) is 9.84 Å². The van der Waals surface area contributed by atoms with Crippen LogP contribution in [0.5, 0.6) is 5.75 Å². The van der Waals surface area contributed by atoms with Gasteiger partial charge in [0.05, 0.1) is 0 Å². The molecule has 1 amide bonds. The molecule has 2 rings (SSSR count). The maximum Gasteiger partial charge on any atom is 0.352 e. The van der Waals surface area contributed by atoms with Gasteiger partial charge in [0.25, 0.3) is 0 Å². The summed E-state index contributed by atoms with van der Waals surface area (Å²) in [4.78, 5) is 22.0. The highest BCUT2D eigenvalue weighted by Gasteiger charge is 2.09. The van der Waals surface area contributed by atoms with Gasteiger partial charge in [-0.15, -0.1) is 0 Å². The third-order valence-corrected chi connectivity index (χ3v) is 3.08. The molecule has 0 saturated heterocycles. The number of ether oxygens (including phenoxy) is 1. The van der Waals surface area contributed by atoms with Gasteiger partial charge in [-0.05, 0) is 29.8 Å². The number of amides is 1. The van der Waals surface area contributed by atoms with Gasteiger partial charge in [0.1, 0.15) is 23.9 Å². The Kier molecular flexibility index (Phi) is 5.68. The van der Waals surface area contributed by atoms with E-state index in [0.29, 0.717) is 16.9 Å². The number of carboxylic acids is 1. The molecule has 0 heterocycles. The van der Waals surface area contributed by atoms with Crippen LogP contribution in [0.3, 0.4) is 0 Å². The van der Waals surface area contributed by atoms with Gasteiger partial charge in [-0.1, -0.05) is 30.3 Å². The molecule has 0 atom stereocenters. The van der Waals surface area contributed by atoms with E-state index in [1.54, 1.807) is 42.5 Å². The first-order chi connectivity index (χ1) is 11.5. The summed E-state index contributed by atoms with van der Waals surface area (Å²) in [7, 11) is 0. The normalized spacial score (nSPS) is 11.0. The Morgan fingerprint density at radius 2 is 1.83 bits per heavy atom. The molecule has 0 fully saturated rings. The molecule has 0 unspecified atom stereocenters.